The average molecular weight is 327 g/mol. The van der Waals surface area contributed by atoms with Crippen LogP contribution in [0, 0.1) is 13.8 Å². The van der Waals surface area contributed by atoms with Crippen LogP contribution in [-0.2, 0) is 17.7 Å². The van der Waals surface area contributed by atoms with E-state index in [4.69, 9.17) is 4.74 Å². The summed E-state index contributed by atoms with van der Waals surface area (Å²) in [5, 5.41) is 10.0. The number of aliphatic hydroxyl groups excluding tert-OH is 1. The van der Waals surface area contributed by atoms with Crippen molar-refractivity contribution in [3.8, 4) is 0 Å². The highest BCUT2D eigenvalue weighted by atomic mass is 16.5. The van der Waals surface area contributed by atoms with Crippen molar-refractivity contribution < 1.29 is 9.84 Å². The first-order chi connectivity index (χ1) is 11.6. The first kappa shape index (κ1) is 17.0. The zero-order valence-electron chi connectivity index (χ0n) is 14.4. The minimum atomic E-state index is -0.546. The third-order valence-corrected chi connectivity index (χ3v) is 4.63. The minimum Gasteiger partial charge on any atom is -0.393 e. The molecule has 1 aromatic carbocycles. The molecular weight excluding hydrogens is 302 g/mol. The molecular formula is C19H25N3O2. The van der Waals surface area contributed by atoms with Crippen molar-refractivity contribution in [2.75, 3.05) is 26.3 Å². The molecule has 1 atom stereocenters. The molecule has 0 unspecified atom stereocenters. The van der Waals surface area contributed by atoms with Gasteiger partial charge in [-0.2, -0.15) is 0 Å². The molecule has 1 aromatic heterocycles. The Kier molecular flexibility index (Phi) is 5.23. The first-order valence-electron chi connectivity index (χ1n) is 8.39. The molecule has 1 N–H and O–H groups in total. The van der Waals surface area contributed by atoms with Gasteiger partial charge in [0.25, 0.3) is 0 Å². The van der Waals surface area contributed by atoms with Crippen LogP contribution in [0.15, 0.2) is 36.7 Å². The number of aliphatic hydroxyl groups is 1. The maximum Gasteiger partial charge on any atom is 0.125 e. The third-order valence-electron chi connectivity index (χ3n) is 4.63. The van der Waals surface area contributed by atoms with Gasteiger partial charge < -0.3 is 9.84 Å². The summed E-state index contributed by atoms with van der Waals surface area (Å²) >= 11 is 0. The molecule has 0 spiro atoms. The fraction of sp³-hybridized carbons (Fsp3) is 0.474. The zero-order valence-corrected chi connectivity index (χ0v) is 14.4. The highest BCUT2D eigenvalue weighted by Gasteiger charge is 2.36. The van der Waals surface area contributed by atoms with Crippen molar-refractivity contribution in [3.05, 3.63) is 59.2 Å². The Morgan fingerprint density at radius 1 is 1.21 bits per heavy atom. The van der Waals surface area contributed by atoms with Crippen LogP contribution in [0.2, 0.25) is 0 Å². The van der Waals surface area contributed by atoms with Crippen LogP contribution >= 0.6 is 0 Å². The molecule has 1 aliphatic rings. The molecule has 24 heavy (non-hydrogen) atoms. The molecule has 5 nitrogen and oxygen atoms in total. The highest BCUT2D eigenvalue weighted by molar-refractivity contribution is 5.27. The Balaban J connectivity index is 1.72. The number of benzene rings is 1. The van der Waals surface area contributed by atoms with E-state index in [2.05, 4.69) is 33.9 Å². The second-order valence-electron chi connectivity index (χ2n) is 6.64. The van der Waals surface area contributed by atoms with Gasteiger partial charge in [-0.15, -0.1) is 0 Å². The highest BCUT2D eigenvalue weighted by Crippen LogP contribution is 2.25. The minimum absolute atomic E-state index is 0.0161. The number of aryl methyl sites for hydroxylation is 2. The Morgan fingerprint density at radius 2 is 1.96 bits per heavy atom. The molecule has 1 aliphatic heterocycles. The fourth-order valence-corrected chi connectivity index (χ4v) is 3.23. The lowest BCUT2D eigenvalue weighted by Crippen LogP contribution is -2.55. The van der Waals surface area contributed by atoms with Crippen molar-refractivity contribution in [2.24, 2.45) is 0 Å². The summed E-state index contributed by atoms with van der Waals surface area (Å²) in [7, 11) is 0. The van der Waals surface area contributed by atoms with Crippen LogP contribution < -0.4 is 0 Å². The van der Waals surface area contributed by atoms with Gasteiger partial charge in [-0.05, 0) is 25.0 Å². The third kappa shape index (κ3) is 3.98. The standard InChI is InChI=1S/C19H25N3O2/c1-15-5-3-4-6-18(15)9-19(14-23)13-22(7-8-24-19)12-17-10-20-16(2)21-11-17/h3-6,10-11,23H,7-9,12-14H2,1-2H3/t19-/m0/s1. The summed E-state index contributed by atoms with van der Waals surface area (Å²) in [4.78, 5) is 10.8. The lowest BCUT2D eigenvalue weighted by Gasteiger charge is -2.42. The topological polar surface area (TPSA) is 58.5 Å². The normalized spacial score (nSPS) is 21.8. The fourth-order valence-electron chi connectivity index (χ4n) is 3.23. The van der Waals surface area contributed by atoms with E-state index in [1.54, 1.807) is 0 Å². The Labute approximate surface area is 143 Å². The average Bonchev–Trinajstić information content (AvgIpc) is 2.59. The van der Waals surface area contributed by atoms with Gasteiger partial charge in [0.05, 0.1) is 13.2 Å². The zero-order chi connectivity index (χ0) is 17.0. The van der Waals surface area contributed by atoms with Gasteiger partial charge in [-0.1, -0.05) is 24.3 Å². The molecule has 0 saturated carbocycles. The van der Waals surface area contributed by atoms with E-state index in [0.717, 1.165) is 30.9 Å². The van der Waals surface area contributed by atoms with Crippen molar-refractivity contribution in [1.29, 1.82) is 0 Å². The number of hydrogen-bond donors (Lipinski definition) is 1. The molecule has 0 aliphatic carbocycles. The largest absolute Gasteiger partial charge is 0.393 e. The second-order valence-corrected chi connectivity index (χ2v) is 6.64. The Bertz CT molecular complexity index is 675. The molecule has 0 radical (unpaired) electrons. The van der Waals surface area contributed by atoms with Gasteiger partial charge in [0.15, 0.2) is 0 Å². The number of nitrogens with zero attached hydrogens (tertiary/aromatic N) is 3. The summed E-state index contributed by atoms with van der Waals surface area (Å²) in [5.41, 5.74) is 3.01. The maximum absolute atomic E-state index is 10.0. The van der Waals surface area contributed by atoms with E-state index in [1.807, 2.05) is 31.5 Å². The molecule has 0 amide bonds. The van der Waals surface area contributed by atoms with Gasteiger partial charge in [0.2, 0.25) is 0 Å². The summed E-state index contributed by atoms with van der Waals surface area (Å²) in [5.74, 6) is 0.782. The van der Waals surface area contributed by atoms with Gasteiger partial charge in [0, 0.05) is 44.0 Å². The number of morpholine rings is 1. The first-order valence-corrected chi connectivity index (χ1v) is 8.39. The Morgan fingerprint density at radius 3 is 2.67 bits per heavy atom. The molecule has 1 saturated heterocycles. The molecule has 5 heteroatoms. The molecule has 0 bridgehead atoms. The predicted octanol–water partition coefficient (Wildman–Crippen LogP) is 1.90. The van der Waals surface area contributed by atoms with Crippen LogP contribution in [0.1, 0.15) is 22.5 Å². The predicted molar refractivity (Wildman–Crippen MR) is 92.7 cm³/mol. The lowest BCUT2D eigenvalue weighted by molar-refractivity contribution is -0.134. The number of hydrogen-bond acceptors (Lipinski definition) is 5. The number of ether oxygens (including phenoxy) is 1. The molecule has 2 aromatic rings. The van der Waals surface area contributed by atoms with E-state index in [-0.39, 0.29) is 6.61 Å². The van der Waals surface area contributed by atoms with E-state index in [1.165, 1.54) is 11.1 Å². The number of rotatable bonds is 5. The molecule has 3 rings (SSSR count). The Hall–Kier alpha value is -1.82. The lowest BCUT2D eigenvalue weighted by atomic mass is 9.91. The van der Waals surface area contributed by atoms with Crippen LogP contribution in [-0.4, -0.2) is 51.9 Å². The van der Waals surface area contributed by atoms with Crippen molar-refractivity contribution >= 4 is 0 Å². The summed E-state index contributed by atoms with van der Waals surface area (Å²) in [6.45, 7) is 6.96. The van der Waals surface area contributed by atoms with Gasteiger partial charge in [-0.25, -0.2) is 9.97 Å². The SMILES string of the molecule is Cc1ncc(CN2CCO[C@@](CO)(Cc3ccccc3C)C2)cn1. The van der Waals surface area contributed by atoms with E-state index >= 15 is 0 Å². The molecule has 1 fully saturated rings. The van der Waals surface area contributed by atoms with Gasteiger partial charge in [0.1, 0.15) is 11.4 Å². The van der Waals surface area contributed by atoms with E-state index in [9.17, 15) is 5.11 Å². The molecule has 128 valence electrons. The van der Waals surface area contributed by atoms with Crippen LogP contribution in [0.5, 0.6) is 0 Å². The van der Waals surface area contributed by atoms with E-state index < -0.39 is 5.60 Å². The van der Waals surface area contributed by atoms with Gasteiger partial charge >= 0.3 is 0 Å². The van der Waals surface area contributed by atoms with Crippen molar-refractivity contribution in [2.45, 2.75) is 32.4 Å². The summed E-state index contributed by atoms with van der Waals surface area (Å²) in [6, 6.07) is 8.29. The van der Waals surface area contributed by atoms with Crippen LogP contribution in [0.3, 0.4) is 0 Å². The summed E-state index contributed by atoms with van der Waals surface area (Å²) in [6.07, 6.45) is 4.47. The van der Waals surface area contributed by atoms with Crippen LogP contribution in [0.4, 0.5) is 0 Å². The van der Waals surface area contributed by atoms with Crippen molar-refractivity contribution in [1.82, 2.24) is 14.9 Å². The van der Waals surface area contributed by atoms with Crippen LogP contribution in [0.25, 0.3) is 0 Å². The van der Waals surface area contributed by atoms with E-state index in [0.29, 0.717) is 13.2 Å². The van der Waals surface area contributed by atoms with Crippen molar-refractivity contribution in [3.63, 3.8) is 0 Å². The monoisotopic (exact) mass is 327 g/mol. The molecule has 2 heterocycles. The quantitative estimate of drug-likeness (QED) is 0.909. The maximum atomic E-state index is 10.0. The second kappa shape index (κ2) is 7.38. The van der Waals surface area contributed by atoms with Gasteiger partial charge in [-0.3, -0.25) is 4.90 Å². The smallest absolute Gasteiger partial charge is 0.125 e. The number of aromatic nitrogens is 2. The summed E-state index contributed by atoms with van der Waals surface area (Å²) < 4.78 is 6.04.